The Morgan fingerprint density at radius 3 is 2.52 bits per heavy atom. The number of aromatic nitrogens is 3. The molecular weight excluding hydrogens is 342 g/mol. The Hall–Kier alpha value is -3.14. The van der Waals surface area contributed by atoms with Crippen LogP contribution in [0.3, 0.4) is 0 Å². The highest BCUT2D eigenvalue weighted by Crippen LogP contribution is 2.18. The van der Waals surface area contributed by atoms with Gasteiger partial charge in [-0.2, -0.15) is 0 Å². The van der Waals surface area contributed by atoms with Crippen molar-refractivity contribution in [3.63, 3.8) is 0 Å². The molecule has 2 N–H and O–H groups in total. The van der Waals surface area contributed by atoms with Gasteiger partial charge in [0, 0.05) is 37.3 Å². The first-order valence-corrected chi connectivity index (χ1v) is 8.60. The molecule has 0 radical (unpaired) electrons. The normalized spacial score (nSPS) is 12.9. The summed E-state index contributed by atoms with van der Waals surface area (Å²) in [7, 11) is 1.71. The molecule has 27 heavy (non-hydrogen) atoms. The summed E-state index contributed by atoms with van der Waals surface area (Å²) in [6.45, 7) is 1.44. The third-order valence-corrected chi connectivity index (χ3v) is 4.29. The van der Waals surface area contributed by atoms with Crippen LogP contribution in [0.4, 0.5) is 0 Å². The molecule has 6 heteroatoms. The van der Waals surface area contributed by atoms with E-state index in [9.17, 15) is 15.0 Å². The van der Waals surface area contributed by atoms with Crippen molar-refractivity contribution in [1.29, 1.82) is 0 Å². The molecular formula is C21H21N3O3. The molecule has 2 aromatic heterocycles. The minimum absolute atomic E-state index is 0.0589. The summed E-state index contributed by atoms with van der Waals surface area (Å²) in [4.78, 5) is 15.9. The second-order valence-electron chi connectivity index (χ2n) is 6.28. The molecule has 0 aliphatic rings. The first kappa shape index (κ1) is 18.6. The van der Waals surface area contributed by atoms with Crippen LogP contribution in [0, 0.1) is 11.8 Å². The topological polar surface area (TPSA) is 80.3 Å². The van der Waals surface area contributed by atoms with Crippen molar-refractivity contribution in [2.45, 2.75) is 19.1 Å². The number of aliphatic hydroxyl groups is 2. The predicted molar refractivity (Wildman–Crippen MR) is 103 cm³/mol. The van der Waals surface area contributed by atoms with E-state index < -0.39 is 12.1 Å². The van der Waals surface area contributed by atoms with Gasteiger partial charge in [0.1, 0.15) is 18.0 Å². The summed E-state index contributed by atoms with van der Waals surface area (Å²) in [5.74, 6) is 6.52. The van der Waals surface area contributed by atoms with Gasteiger partial charge in [-0.05, 0) is 36.2 Å². The molecule has 0 bridgehead atoms. The lowest BCUT2D eigenvalue weighted by atomic mass is 10.1. The average molecular weight is 363 g/mol. The lowest BCUT2D eigenvalue weighted by Gasteiger charge is -2.14. The molecule has 2 heterocycles. The van der Waals surface area contributed by atoms with Gasteiger partial charge >= 0.3 is 0 Å². The van der Waals surface area contributed by atoms with Crippen LogP contribution in [-0.2, 0) is 7.05 Å². The van der Waals surface area contributed by atoms with Crippen molar-refractivity contribution >= 4 is 0 Å². The monoisotopic (exact) mass is 363 g/mol. The summed E-state index contributed by atoms with van der Waals surface area (Å²) in [6.07, 6.45) is 4.26. The zero-order chi connectivity index (χ0) is 19.4. The molecule has 2 atom stereocenters. The van der Waals surface area contributed by atoms with Gasteiger partial charge < -0.3 is 19.3 Å². The molecule has 0 saturated heterocycles. The maximum atomic E-state index is 11.8. The third kappa shape index (κ3) is 4.17. The van der Waals surface area contributed by atoms with E-state index in [1.807, 2.05) is 30.3 Å². The van der Waals surface area contributed by atoms with E-state index in [1.54, 1.807) is 43.2 Å². The van der Waals surface area contributed by atoms with Crippen LogP contribution in [-0.4, -0.2) is 30.9 Å². The number of hydrogen-bond acceptors (Lipinski definition) is 4. The van der Waals surface area contributed by atoms with Gasteiger partial charge in [0.05, 0.1) is 6.61 Å². The summed E-state index contributed by atoms with van der Waals surface area (Å²) < 4.78 is 3.20. The minimum atomic E-state index is -0.742. The fraction of sp³-hybridized carbons (Fsp3) is 0.238. The van der Waals surface area contributed by atoms with Gasteiger partial charge in [0.15, 0.2) is 0 Å². The van der Waals surface area contributed by atoms with Gasteiger partial charge in [-0.15, -0.1) is 0 Å². The Kier molecular flexibility index (Phi) is 5.55. The highest BCUT2D eigenvalue weighted by Gasteiger charge is 2.14. The number of hydrogen-bond donors (Lipinski definition) is 2. The smallest absolute Gasteiger partial charge is 0.250 e. The quantitative estimate of drug-likeness (QED) is 0.694. The first-order valence-electron chi connectivity index (χ1n) is 8.60. The Labute approximate surface area is 157 Å². The molecule has 3 aromatic rings. The lowest BCUT2D eigenvalue weighted by Crippen LogP contribution is -2.15. The Balaban J connectivity index is 1.83. The summed E-state index contributed by atoms with van der Waals surface area (Å²) in [5, 5.41) is 19.4. The van der Waals surface area contributed by atoms with E-state index in [1.165, 1.54) is 4.57 Å². The van der Waals surface area contributed by atoms with E-state index in [4.69, 9.17) is 0 Å². The van der Waals surface area contributed by atoms with Crippen LogP contribution in [0.25, 0.3) is 11.1 Å². The highest BCUT2D eigenvalue weighted by atomic mass is 16.3. The van der Waals surface area contributed by atoms with Crippen molar-refractivity contribution in [2.75, 3.05) is 6.61 Å². The van der Waals surface area contributed by atoms with E-state index in [0.717, 1.165) is 16.7 Å². The van der Waals surface area contributed by atoms with Crippen LogP contribution in [0.2, 0.25) is 0 Å². The second kappa shape index (κ2) is 8.04. The summed E-state index contributed by atoms with van der Waals surface area (Å²) in [5.41, 5.74) is 2.52. The molecule has 6 nitrogen and oxygen atoms in total. The Morgan fingerprint density at radius 2 is 1.89 bits per heavy atom. The number of pyridine rings is 1. The van der Waals surface area contributed by atoms with E-state index in [2.05, 4.69) is 16.8 Å². The van der Waals surface area contributed by atoms with Gasteiger partial charge in [0.25, 0.3) is 5.56 Å². The van der Waals surface area contributed by atoms with Crippen LogP contribution in [0.1, 0.15) is 30.5 Å². The Bertz CT molecular complexity index is 1040. The molecule has 0 aliphatic carbocycles. The minimum Gasteiger partial charge on any atom is -0.393 e. The zero-order valence-corrected chi connectivity index (χ0v) is 15.2. The van der Waals surface area contributed by atoms with Crippen molar-refractivity contribution < 1.29 is 10.2 Å². The predicted octanol–water partition coefficient (Wildman–Crippen LogP) is 1.89. The largest absolute Gasteiger partial charge is 0.393 e. The standard InChI is InChI=1S/C21H21N3O3/c1-15(26)21-22-10-12-24(21)19(14-25)8-5-16-3-6-17(7-4-16)18-9-11-23(2)20(27)13-18/h3-4,6-7,9-13,15,19,25-26H,14H2,1-2H3/t15-,19-/m0/s1. The molecule has 0 saturated carbocycles. The molecule has 0 amide bonds. The van der Waals surface area contributed by atoms with Crippen molar-refractivity contribution in [3.05, 3.63) is 76.7 Å². The van der Waals surface area contributed by atoms with Gasteiger partial charge in [0.2, 0.25) is 0 Å². The van der Waals surface area contributed by atoms with E-state index in [-0.39, 0.29) is 12.2 Å². The third-order valence-electron chi connectivity index (χ3n) is 4.29. The lowest BCUT2D eigenvalue weighted by molar-refractivity contribution is 0.176. The van der Waals surface area contributed by atoms with Crippen molar-refractivity contribution in [2.24, 2.45) is 7.05 Å². The van der Waals surface area contributed by atoms with Crippen LogP contribution >= 0.6 is 0 Å². The molecule has 0 unspecified atom stereocenters. The fourth-order valence-electron chi connectivity index (χ4n) is 2.76. The molecule has 3 rings (SSSR count). The molecule has 0 spiro atoms. The molecule has 138 valence electrons. The van der Waals surface area contributed by atoms with Gasteiger partial charge in [-0.25, -0.2) is 4.98 Å². The number of nitrogens with zero attached hydrogens (tertiary/aromatic N) is 3. The first-order chi connectivity index (χ1) is 13.0. The maximum Gasteiger partial charge on any atom is 0.250 e. The van der Waals surface area contributed by atoms with Gasteiger partial charge in [-0.1, -0.05) is 24.0 Å². The number of aryl methyl sites for hydroxylation is 1. The molecule has 1 aromatic carbocycles. The van der Waals surface area contributed by atoms with Crippen LogP contribution in [0.15, 0.2) is 59.8 Å². The highest BCUT2D eigenvalue weighted by molar-refractivity contribution is 5.63. The Morgan fingerprint density at radius 1 is 1.15 bits per heavy atom. The summed E-state index contributed by atoms with van der Waals surface area (Å²) >= 11 is 0. The van der Waals surface area contributed by atoms with Crippen LogP contribution < -0.4 is 5.56 Å². The maximum absolute atomic E-state index is 11.8. The SMILES string of the molecule is C[C@H](O)c1nccn1[C@@H](C#Cc1ccc(-c2ccn(C)c(=O)c2)cc1)CO. The van der Waals surface area contributed by atoms with Crippen LogP contribution in [0.5, 0.6) is 0 Å². The zero-order valence-electron chi connectivity index (χ0n) is 15.2. The fourth-order valence-corrected chi connectivity index (χ4v) is 2.76. The summed E-state index contributed by atoms with van der Waals surface area (Å²) in [6, 6.07) is 10.6. The number of benzene rings is 1. The number of rotatable bonds is 4. The van der Waals surface area contributed by atoms with Gasteiger partial charge in [-0.3, -0.25) is 4.79 Å². The van der Waals surface area contributed by atoms with E-state index in [0.29, 0.717) is 5.82 Å². The van der Waals surface area contributed by atoms with Crippen molar-refractivity contribution in [1.82, 2.24) is 14.1 Å². The average Bonchev–Trinajstić information content (AvgIpc) is 3.15. The second-order valence-corrected chi connectivity index (χ2v) is 6.28. The number of aliphatic hydroxyl groups excluding tert-OH is 2. The molecule has 0 aliphatic heterocycles. The van der Waals surface area contributed by atoms with Crippen molar-refractivity contribution in [3.8, 4) is 23.0 Å². The van der Waals surface area contributed by atoms with E-state index >= 15 is 0 Å². The number of imidazole rings is 1. The molecule has 0 fully saturated rings.